The molecule has 0 saturated carbocycles. The van der Waals surface area contributed by atoms with Gasteiger partial charge in [-0.25, -0.2) is 4.98 Å². The van der Waals surface area contributed by atoms with Crippen LogP contribution in [-0.2, 0) is 0 Å². The molecule has 0 radical (unpaired) electrons. The molecular formula is C11H14N2O3. The number of nitrogens with zero attached hydrogens (tertiary/aromatic N) is 1. The van der Waals surface area contributed by atoms with Gasteiger partial charge in [0.15, 0.2) is 12.0 Å². The molecule has 1 atom stereocenters. The van der Waals surface area contributed by atoms with E-state index >= 15 is 0 Å². The number of fused-ring (bicyclic) bond motifs is 1. The summed E-state index contributed by atoms with van der Waals surface area (Å²) in [6.45, 7) is 0.0256. The van der Waals surface area contributed by atoms with Gasteiger partial charge in [0, 0.05) is 18.4 Å². The minimum absolute atomic E-state index is 0.0188. The Kier molecular flexibility index (Phi) is 3.38. The summed E-state index contributed by atoms with van der Waals surface area (Å²) in [7, 11) is 0. The Morgan fingerprint density at radius 2 is 2.25 bits per heavy atom. The predicted octanol–water partition coefficient (Wildman–Crippen LogP) is 0.983. The first-order chi connectivity index (χ1) is 7.83. The summed E-state index contributed by atoms with van der Waals surface area (Å²) < 4.78 is 5.17. The van der Waals surface area contributed by atoms with Crippen LogP contribution in [0.2, 0.25) is 0 Å². The quantitative estimate of drug-likeness (QED) is 0.703. The summed E-state index contributed by atoms with van der Waals surface area (Å²) >= 11 is 0. The molecule has 1 aromatic carbocycles. The molecule has 2 rings (SSSR count). The van der Waals surface area contributed by atoms with Crippen LogP contribution in [0.15, 0.2) is 29.0 Å². The molecule has 1 heterocycles. The summed E-state index contributed by atoms with van der Waals surface area (Å²) in [5.41, 5.74) is 2.34. The van der Waals surface area contributed by atoms with Crippen molar-refractivity contribution in [2.24, 2.45) is 0 Å². The van der Waals surface area contributed by atoms with E-state index in [-0.39, 0.29) is 19.3 Å². The number of anilines is 1. The Bertz CT molecular complexity index is 455. The number of aliphatic hydroxyl groups excluding tert-OH is 2. The second-order valence-corrected chi connectivity index (χ2v) is 3.57. The second-order valence-electron chi connectivity index (χ2n) is 3.57. The van der Waals surface area contributed by atoms with Crippen LogP contribution in [0.5, 0.6) is 0 Å². The third kappa shape index (κ3) is 2.32. The Hall–Kier alpha value is -1.59. The van der Waals surface area contributed by atoms with Crippen LogP contribution in [0.3, 0.4) is 0 Å². The highest BCUT2D eigenvalue weighted by Crippen LogP contribution is 2.18. The van der Waals surface area contributed by atoms with E-state index in [0.717, 1.165) is 11.2 Å². The topological polar surface area (TPSA) is 78.5 Å². The fraction of sp³-hybridized carbons (Fsp3) is 0.364. The smallest absolute Gasteiger partial charge is 0.181 e. The van der Waals surface area contributed by atoms with Gasteiger partial charge in [0.1, 0.15) is 5.52 Å². The van der Waals surface area contributed by atoms with Crippen LogP contribution in [0.1, 0.15) is 6.42 Å². The molecule has 0 fully saturated rings. The van der Waals surface area contributed by atoms with E-state index in [2.05, 4.69) is 10.3 Å². The summed E-state index contributed by atoms with van der Waals surface area (Å²) in [4.78, 5) is 4.01. The molecule has 1 unspecified atom stereocenters. The normalized spacial score (nSPS) is 12.9. The fourth-order valence-electron chi connectivity index (χ4n) is 1.55. The highest BCUT2D eigenvalue weighted by Gasteiger charge is 2.07. The maximum Gasteiger partial charge on any atom is 0.181 e. The number of hydrogen-bond donors (Lipinski definition) is 3. The number of nitrogens with one attached hydrogen (secondary N) is 1. The van der Waals surface area contributed by atoms with Gasteiger partial charge >= 0.3 is 0 Å². The minimum atomic E-state index is -0.148. The van der Waals surface area contributed by atoms with Gasteiger partial charge in [-0.3, -0.25) is 0 Å². The van der Waals surface area contributed by atoms with Crippen molar-refractivity contribution in [3.05, 3.63) is 24.6 Å². The molecule has 16 heavy (non-hydrogen) atoms. The SMILES string of the molecule is OCCC(CO)Nc1ccc2ncoc2c1. The lowest BCUT2D eigenvalue weighted by Crippen LogP contribution is -2.24. The van der Waals surface area contributed by atoms with Crippen LogP contribution < -0.4 is 5.32 Å². The Labute approximate surface area is 92.7 Å². The zero-order chi connectivity index (χ0) is 11.4. The average Bonchev–Trinajstić information content (AvgIpc) is 2.75. The highest BCUT2D eigenvalue weighted by atomic mass is 16.3. The monoisotopic (exact) mass is 222 g/mol. The largest absolute Gasteiger partial charge is 0.443 e. The maximum atomic E-state index is 9.08. The van der Waals surface area contributed by atoms with Crippen LogP contribution >= 0.6 is 0 Å². The van der Waals surface area contributed by atoms with Gasteiger partial charge in [-0.05, 0) is 18.6 Å². The van der Waals surface area contributed by atoms with E-state index in [1.54, 1.807) is 0 Å². The van der Waals surface area contributed by atoms with Crippen molar-refractivity contribution in [3.8, 4) is 0 Å². The van der Waals surface area contributed by atoms with E-state index in [4.69, 9.17) is 14.6 Å². The first-order valence-electron chi connectivity index (χ1n) is 5.15. The van der Waals surface area contributed by atoms with Crippen molar-refractivity contribution >= 4 is 16.8 Å². The molecule has 0 saturated heterocycles. The minimum Gasteiger partial charge on any atom is -0.443 e. The Morgan fingerprint density at radius 1 is 1.38 bits per heavy atom. The number of rotatable bonds is 5. The van der Waals surface area contributed by atoms with Crippen molar-refractivity contribution < 1.29 is 14.6 Å². The number of benzene rings is 1. The zero-order valence-electron chi connectivity index (χ0n) is 8.76. The molecule has 5 heteroatoms. The number of oxazole rings is 1. The lowest BCUT2D eigenvalue weighted by atomic mass is 10.2. The maximum absolute atomic E-state index is 9.08. The van der Waals surface area contributed by atoms with Gasteiger partial charge in [0.05, 0.1) is 12.6 Å². The van der Waals surface area contributed by atoms with Crippen LogP contribution in [-0.4, -0.2) is 34.5 Å². The molecule has 5 nitrogen and oxygen atoms in total. The number of aliphatic hydroxyl groups is 2. The van der Waals surface area contributed by atoms with Crippen LogP contribution in [0.25, 0.3) is 11.1 Å². The second kappa shape index (κ2) is 4.96. The Balaban J connectivity index is 2.13. The van der Waals surface area contributed by atoms with Gasteiger partial charge in [0.25, 0.3) is 0 Å². The van der Waals surface area contributed by atoms with E-state index < -0.39 is 0 Å². The van der Waals surface area contributed by atoms with E-state index in [1.807, 2.05) is 18.2 Å². The summed E-state index contributed by atoms with van der Waals surface area (Å²) in [6.07, 6.45) is 1.90. The average molecular weight is 222 g/mol. The molecule has 3 N–H and O–H groups in total. The summed E-state index contributed by atoms with van der Waals surface area (Å²) in [5.74, 6) is 0. The number of hydrogen-bond acceptors (Lipinski definition) is 5. The summed E-state index contributed by atoms with van der Waals surface area (Å²) in [5, 5.41) is 21.0. The summed E-state index contributed by atoms with van der Waals surface area (Å²) in [6, 6.07) is 5.38. The van der Waals surface area contributed by atoms with Gasteiger partial charge in [-0.1, -0.05) is 0 Å². The molecule has 86 valence electrons. The van der Waals surface area contributed by atoms with Gasteiger partial charge < -0.3 is 19.9 Å². The molecule has 1 aromatic heterocycles. The van der Waals surface area contributed by atoms with Crippen LogP contribution in [0, 0.1) is 0 Å². The molecule has 2 aromatic rings. The van der Waals surface area contributed by atoms with Gasteiger partial charge in [-0.15, -0.1) is 0 Å². The molecule has 0 aliphatic heterocycles. The highest BCUT2D eigenvalue weighted by molar-refractivity contribution is 5.76. The zero-order valence-corrected chi connectivity index (χ0v) is 8.76. The lowest BCUT2D eigenvalue weighted by molar-refractivity contribution is 0.229. The van der Waals surface area contributed by atoms with Crippen LogP contribution in [0.4, 0.5) is 5.69 Å². The molecule has 0 aliphatic rings. The lowest BCUT2D eigenvalue weighted by Gasteiger charge is -2.15. The van der Waals surface area contributed by atoms with Gasteiger partial charge in [-0.2, -0.15) is 0 Å². The first kappa shape index (κ1) is 10.9. The molecule has 0 spiro atoms. The third-order valence-electron chi connectivity index (χ3n) is 2.40. The predicted molar refractivity (Wildman–Crippen MR) is 60.2 cm³/mol. The van der Waals surface area contributed by atoms with Crippen molar-refractivity contribution in [1.29, 1.82) is 0 Å². The standard InChI is InChI=1S/C11H14N2O3/c14-4-3-9(6-15)13-8-1-2-10-11(5-8)16-7-12-10/h1-2,5,7,9,13-15H,3-4,6H2. The van der Waals surface area contributed by atoms with Crippen molar-refractivity contribution in [3.63, 3.8) is 0 Å². The molecule has 0 bridgehead atoms. The molecule has 0 aliphatic carbocycles. The van der Waals surface area contributed by atoms with Gasteiger partial charge in [0.2, 0.25) is 0 Å². The van der Waals surface area contributed by atoms with E-state index in [1.165, 1.54) is 6.39 Å². The third-order valence-corrected chi connectivity index (χ3v) is 2.40. The van der Waals surface area contributed by atoms with E-state index in [9.17, 15) is 0 Å². The van der Waals surface area contributed by atoms with Crippen molar-refractivity contribution in [2.45, 2.75) is 12.5 Å². The fourth-order valence-corrected chi connectivity index (χ4v) is 1.55. The van der Waals surface area contributed by atoms with E-state index in [0.29, 0.717) is 12.0 Å². The first-order valence-corrected chi connectivity index (χ1v) is 5.15. The van der Waals surface area contributed by atoms with Crippen molar-refractivity contribution in [2.75, 3.05) is 18.5 Å². The molecular weight excluding hydrogens is 208 g/mol. The number of aromatic nitrogens is 1. The van der Waals surface area contributed by atoms with Crippen molar-refractivity contribution in [1.82, 2.24) is 4.98 Å². The molecule has 0 amide bonds. The Morgan fingerprint density at radius 3 is 3.00 bits per heavy atom.